The molecule has 2 aromatic heterocycles. The number of amidine groups is 1. The van der Waals surface area contributed by atoms with Crippen LogP contribution in [0.1, 0.15) is 29.5 Å². The van der Waals surface area contributed by atoms with Gasteiger partial charge in [0.15, 0.2) is 0 Å². The second-order valence-corrected chi connectivity index (χ2v) is 16.8. The molecule has 0 bridgehead atoms. The highest BCUT2D eigenvalue weighted by Gasteiger charge is 2.18. The van der Waals surface area contributed by atoms with Gasteiger partial charge in [0.2, 0.25) is 0 Å². The molecule has 0 aliphatic heterocycles. The summed E-state index contributed by atoms with van der Waals surface area (Å²) >= 11 is 0. The Balaban J connectivity index is 1.03. The third-order valence-corrected chi connectivity index (χ3v) is 13.0. The molecular formula is C61H44N4. The van der Waals surface area contributed by atoms with Crippen LogP contribution in [0.2, 0.25) is 0 Å². The second-order valence-electron chi connectivity index (χ2n) is 16.8. The Bertz CT molecular complexity index is 3590. The van der Waals surface area contributed by atoms with Crippen molar-refractivity contribution in [1.82, 2.24) is 9.13 Å². The van der Waals surface area contributed by atoms with E-state index in [2.05, 4.69) is 209 Å². The minimum absolute atomic E-state index is 0.468. The number of hydrogen-bond donors (Lipinski definition) is 1. The maximum atomic E-state index is 6.96. The molecule has 4 nitrogen and oxygen atoms in total. The van der Waals surface area contributed by atoms with Crippen LogP contribution in [0.5, 0.6) is 0 Å². The molecule has 0 saturated heterocycles. The van der Waals surface area contributed by atoms with Crippen LogP contribution in [0.25, 0.3) is 87.8 Å². The van der Waals surface area contributed by atoms with Crippen molar-refractivity contribution >= 4 is 82.3 Å². The van der Waals surface area contributed by atoms with E-state index in [9.17, 15) is 0 Å². The Labute approximate surface area is 377 Å². The summed E-state index contributed by atoms with van der Waals surface area (Å²) in [6.07, 6.45) is 13.0. The molecule has 0 spiro atoms. The zero-order chi connectivity index (χ0) is 43.3. The molecular weight excluding hydrogens is 789 g/mol. The van der Waals surface area contributed by atoms with Gasteiger partial charge in [0.1, 0.15) is 5.84 Å². The molecule has 9 aromatic carbocycles. The minimum Gasteiger partial charge on any atom is -0.383 e. The average Bonchev–Trinajstić information content (AvgIpc) is 3.77. The van der Waals surface area contributed by atoms with Gasteiger partial charge in [-0.05, 0) is 99.6 Å². The Morgan fingerprint density at radius 3 is 1.54 bits per heavy atom. The molecule has 4 heteroatoms. The average molecular weight is 833 g/mol. The SMILES string of the molecule is NC(=N/C(=C\CC1=CCC=C(c2cc3ccccc3c3ccccc23)C=C1)c1cc(-n2c3ccccc3c3ccccc32)cc(-n2c3ccccc3c3ccccc32)c1)c1ccccc1. The van der Waals surface area contributed by atoms with E-state index in [4.69, 9.17) is 10.7 Å². The van der Waals surface area contributed by atoms with Crippen molar-refractivity contribution in [3.8, 4) is 11.4 Å². The number of nitrogens with zero attached hydrogens (tertiary/aromatic N) is 3. The quantitative estimate of drug-likeness (QED) is 0.0925. The predicted octanol–water partition coefficient (Wildman–Crippen LogP) is 15.3. The van der Waals surface area contributed by atoms with Crippen LogP contribution in [-0.4, -0.2) is 15.0 Å². The molecule has 12 rings (SSSR count). The Hall–Kier alpha value is -8.47. The number of hydrogen-bond acceptors (Lipinski definition) is 1. The number of aliphatic imine (C=N–C) groups is 1. The van der Waals surface area contributed by atoms with Gasteiger partial charge in [0, 0.05) is 44.0 Å². The first-order valence-electron chi connectivity index (χ1n) is 22.4. The molecule has 65 heavy (non-hydrogen) atoms. The maximum absolute atomic E-state index is 6.96. The summed E-state index contributed by atoms with van der Waals surface area (Å²) in [4.78, 5) is 5.32. The van der Waals surface area contributed by atoms with Crippen LogP contribution in [0, 0.1) is 0 Å². The van der Waals surface area contributed by atoms with E-state index in [-0.39, 0.29) is 0 Å². The molecule has 0 fully saturated rings. The van der Waals surface area contributed by atoms with E-state index < -0.39 is 0 Å². The van der Waals surface area contributed by atoms with Crippen molar-refractivity contribution in [3.05, 3.63) is 253 Å². The molecule has 11 aromatic rings. The first-order valence-corrected chi connectivity index (χ1v) is 22.4. The lowest BCUT2D eigenvalue weighted by Gasteiger charge is -2.16. The van der Waals surface area contributed by atoms with Gasteiger partial charge in [-0.2, -0.15) is 0 Å². The van der Waals surface area contributed by atoms with Gasteiger partial charge in [-0.3, -0.25) is 0 Å². The highest BCUT2D eigenvalue weighted by Crippen LogP contribution is 2.38. The monoisotopic (exact) mass is 832 g/mol. The molecule has 0 atom stereocenters. The largest absolute Gasteiger partial charge is 0.383 e. The van der Waals surface area contributed by atoms with Crippen LogP contribution in [0.15, 0.2) is 241 Å². The van der Waals surface area contributed by atoms with E-state index in [1.54, 1.807) is 0 Å². The third kappa shape index (κ3) is 6.75. The highest BCUT2D eigenvalue weighted by atomic mass is 15.0. The molecule has 308 valence electrons. The number of benzene rings is 9. The number of rotatable bonds is 8. The first kappa shape index (κ1) is 38.2. The number of aromatic nitrogens is 2. The van der Waals surface area contributed by atoms with Gasteiger partial charge in [-0.25, -0.2) is 4.99 Å². The van der Waals surface area contributed by atoms with Crippen LogP contribution in [-0.2, 0) is 0 Å². The molecule has 0 radical (unpaired) electrons. The van der Waals surface area contributed by atoms with E-state index in [1.165, 1.54) is 59.8 Å². The van der Waals surface area contributed by atoms with Crippen molar-refractivity contribution in [2.24, 2.45) is 10.7 Å². The fraction of sp³-hybridized carbons (Fsp3) is 0.0328. The third-order valence-electron chi connectivity index (χ3n) is 13.0. The Morgan fingerprint density at radius 1 is 0.462 bits per heavy atom. The zero-order valence-electron chi connectivity index (χ0n) is 35.8. The summed E-state index contributed by atoms with van der Waals surface area (Å²) in [5.41, 5.74) is 20.0. The van der Waals surface area contributed by atoms with Crippen molar-refractivity contribution in [2.75, 3.05) is 0 Å². The van der Waals surface area contributed by atoms with E-state index in [0.717, 1.165) is 56.7 Å². The van der Waals surface area contributed by atoms with Gasteiger partial charge >= 0.3 is 0 Å². The summed E-state index contributed by atoms with van der Waals surface area (Å²) in [6.45, 7) is 0. The van der Waals surface area contributed by atoms with Crippen LogP contribution in [0.4, 0.5) is 0 Å². The fourth-order valence-corrected chi connectivity index (χ4v) is 9.96. The molecule has 2 heterocycles. The summed E-state index contributed by atoms with van der Waals surface area (Å²) in [7, 11) is 0. The lowest BCUT2D eigenvalue weighted by atomic mass is 9.92. The maximum Gasteiger partial charge on any atom is 0.131 e. The molecule has 2 N–H and O–H groups in total. The summed E-state index contributed by atoms with van der Waals surface area (Å²) in [5.74, 6) is 0.468. The van der Waals surface area contributed by atoms with Crippen molar-refractivity contribution in [2.45, 2.75) is 12.8 Å². The zero-order valence-corrected chi connectivity index (χ0v) is 35.8. The van der Waals surface area contributed by atoms with Gasteiger partial charge < -0.3 is 14.9 Å². The predicted molar refractivity (Wildman–Crippen MR) is 276 cm³/mol. The first-order chi connectivity index (χ1) is 32.2. The smallest absolute Gasteiger partial charge is 0.131 e. The normalized spacial score (nSPS) is 13.6. The molecule has 1 aliphatic rings. The Morgan fingerprint density at radius 2 is 0.954 bits per heavy atom. The van der Waals surface area contributed by atoms with Crippen molar-refractivity contribution < 1.29 is 0 Å². The molecule has 0 unspecified atom stereocenters. The fourth-order valence-electron chi connectivity index (χ4n) is 9.96. The van der Waals surface area contributed by atoms with Gasteiger partial charge in [-0.1, -0.05) is 182 Å². The number of nitrogens with two attached hydrogens (primary N) is 1. The second kappa shape index (κ2) is 16.0. The molecule has 0 amide bonds. The van der Waals surface area contributed by atoms with Gasteiger partial charge in [-0.15, -0.1) is 0 Å². The Kier molecular flexibility index (Phi) is 9.42. The number of fused-ring (bicyclic) bond motifs is 9. The lowest BCUT2D eigenvalue weighted by Crippen LogP contribution is -2.13. The van der Waals surface area contributed by atoms with Crippen LogP contribution >= 0.6 is 0 Å². The van der Waals surface area contributed by atoms with E-state index in [0.29, 0.717) is 12.3 Å². The van der Waals surface area contributed by atoms with E-state index in [1.807, 2.05) is 30.3 Å². The number of para-hydroxylation sites is 4. The summed E-state index contributed by atoms with van der Waals surface area (Å²) in [6, 6.07) is 71.5. The standard InChI is InChI=1S/C61H44N4/c62-61(43-18-2-1-3-19-43)63-56(36-34-41-17-16-21-42(35-33-41)55-39-44-20-4-5-22-48(44)49-23-6-7-24-50(49)55)45-37-46(64-57-29-12-8-25-51(57)52-26-9-13-30-58(52)64)40-47(38-45)65-59-31-14-10-27-53(59)54-28-11-15-32-60(54)65/h1-15,17-33,35-40H,16,34H2,(H2,62,63)/b56-36-. The van der Waals surface area contributed by atoms with Gasteiger partial charge in [0.25, 0.3) is 0 Å². The lowest BCUT2D eigenvalue weighted by molar-refractivity contribution is 1.13. The molecule has 1 aliphatic carbocycles. The summed E-state index contributed by atoms with van der Waals surface area (Å²) in [5, 5.41) is 9.92. The topological polar surface area (TPSA) is 48.2 Å². The van der Waals surface area contributed by atoms with Crippen molar-refractivity contribution in [1.29, 1.82) is 0 Å². The highest BCUT2D eigenvalue weighted by molar-refractivity contribution is 6.13. The van der Waals surface area contributed by atoms with Crippen LogP contribution in [0.3, 0.4) is 0 Å². The van der Waals surface area contributed by atoms with E-state index >= 15 is 0 Å². The summed E-state index contributed by atoms with van der Waals surface area (Å²) < 4.78 is 4.79. The minimum atomic E-state index is 0.468. The van der Waals surface area contributed by atoms with Gasteiger partial charge in [0.05, 0.1) is 27.8 Å². The van der Waals surface area contributed by atoms with Crippen molar-refractivity contribution in [3.63, 3.8) is 0 Å². The molecule has 0 saturated carbocycles. The van der Waals surface area contributed by atoms with Crippen LogP contribution < -0.4 is 5.73 Å². The number of allylic oxidation sites excluding steroid dienone is 7.